The maximum Gasteiger partial charge on any atom is 0.262 e. The van der Waals surface area contributed by atoms with E-state index in [1.807, 2.05) is 36.4 Å². The molecule has 1 heterocycles. The first kappa shape index (κ1) is 20.0. The van der Waals surface area contributed by atoms with Crippen molar-refractivity contribution in [1.29, 1.82) is 0 Å². The first-order valence-corrected chi connectivity index (χ1v) is 10.6. The Hall–Kier alpha value is -3.27. The third-order valence-electron chi connectivity index (χ3n) is 5.48. The molecule has 1 aliphatic rings. The van der Waals surface area contributed by atoms with Crippen molar-refractivity contribution in [2.24, 2.45) is 0 Å². The lowest BCUT2D eigenvalue weighted by atomic mass is 10.0. The fourth-order valence-electron chi connectivity index (χ4n) is 3.74. The van der Waals surface area contributed by atoms with E-state index in [1.165, 1.54) is 30.5 Å². The number of nitrogens with one attached hydrogen (secondary N) is 1. The number of anilines is 2. The highest BCUT2D eigenvalue weighted by atomic mass is 16.5. The third-order valence-corrected chi connectivity index (χ3v) is 5.48. The molecule has 1 saturated heterocycles. The summed E-state index contributed by atoms with van der Waals surface area (Å²) in [6, 6.07) is 24.3. The van der Waals surface area contributed by atoms with Crippen molar-refractivity contribution < 1.29 is 9.53 Å². The number of benzene rings is 3. The Kier molecular flexibility index (Phi) is 6.33. The average Bonchev–Trinajstić information content (AvgIpc) is 2.80. The molecular formula is C26H28N2O2. The van der Waals surface area contributed by atoms with Gasteiger partial charge >= 0.3 is 0 Å². The normalized spacial score (nSPS) is 13.7. The molecule has 0 spiro atoms. The van der Waals surface area contributed by atoms with E-state index in [4.69, 9.17) is 4.74 Å². The Bertz CT molecular complexity index is 957. The fraction of sp³-hybridized carbons (Fsp3) is 0.269. The number of carbonyl (C=O) groups excluding carboxylic acids is 1. The summed E-state index contributed by atoms with van der Waals surface area (Å²) in [6.07, 6.45) is 3.82. The number of hydrogen-bond acceptors (Lipinski definition) is 3. The van der Waals surface area contributed by atoms with Crippen LogP contribution >= 0.6 is 0 Å². The lowest BCUT2D eigenvalue weighted by Gasteiger charge is -2.28. The van der Waals surface area contributed by atoms with E-state index in [2.05, 4.69) is 53.5 Å². The van der Waals surface area contributed by atoms with Gasteiger partial charge in [-0.3, -0.25) is 4.79 Å². The fourth-order valence-corrected chi connectivity index (χ4v) is 3.74. The Morgan fingerprint density at radius 3 is 2.07 bits per heavy atom. The molecule has 4 rings (SSSR count). The van der Waals surface area contributed by atoms with Gasteiger partial charge in [0.25, 0.3) is 5.91 Å². The quantitative estimate of drug-likeness (QED) is 0.580. The van der Waals surface area contributed by atoms with E-state index in [0.29, 0.717) is 5.75 Å². The smallest absolute Gasteiger partial charge is 0.262 e. The molecule has 1 N–H and O–H groups in total. The van der Waals surface area contributed by atoms with E-state index in [0.717, 1.165) is 29.9 Å². The van der Waals surface area contributed by atoms with Gasteiger partial charge in [-0.15, -0.1) is 0 Å². The molecule has 4 nitrogen and oxygen atoms in total. The highest BCUT2D eigenvalue weighted by molar-refractivity contribution is 5.92. The summed E-state index contributed by atoms with van der Waals surface area (Å²) in [5.41, 5.74) is 5.54. The number of rotatable bonds is 6. The highest BCUT2D eigenvalue weighted by Crippen LogP contribution is 2.23. The number of amides is 1. The first-order chi connectivity index (χ1) is 14.7. The van der Waals surface area contributed by atoms with Gasteiger partial charge in [-0.1, -0.05) is 42.0 Å². The van der Waals surface area contributed by atoms with Crippen molar-refractivity contribution in [3.05, 3.63) is 78.4 Å². The summed E-state index contributed by atoms with van der Waals surface area (Å²) in [6.45, 7) is 4.29. The number of carbonyl (C=O) groups is 1. The number of aryl methyl sites for hydroxylation is 1. The molecule has 1 amide bonds. The minimum Gasteiger partial charge on any atom is -0.484 e. The van der Waals surface area contributed by atoms with Gasteiger partial charge in [0.1, 0.15) is 5.75 Å². The zero-order valence-electron chi connectivity index (χ0n) is 17.4. The van der Waals surface area contributed by atoms with E-state index >= 15 is 0 Å². The molecule has 0 bridgehead atoms. The SMILES string of the molecule is Cc1ccc(-c2ccc(OCC(=O)Nc3ccc(N4CCCCC4)cc3)cc2)cc1. The van der Waals surface area contributed by atoms with Crippen LogP contribution in [0.5, 0.6) is 5.75 Å². The highest BCUT2D eigenvalue weighted by Gasteiger charge is 2.11. The van der Waals surface area contributed by atoms with Crippen molar-refractivity contribution >= 4 is 17.3 Å². The number of ether oxygens (including phenoxy) is 1. The van der Waals surface area contributed by atoms with Gasteiger partial charge in [0.2, 0.25) is 0 Å². The molecule has 0 radical (unpaired) electrons. The predicted molar refractivity (Wildman–Crippen MR) is 123 cm³/mol. The van der Waals surface area contributed by atoms with E-state index in [9.17, 15) is 4.79 Å². The van der Waals surface area contributed by atoms with E-state index in [1.54, 1.807) is 0 Å². The van der Waals surface area contributed by atoms with Crippen LogP contribution in [0.25, 0.3) is 11.1 Å². The molecule has 1 fully saturated rings. The summed E-state index contributed by atoms with van der Waals surface area (Å²) in [4.78, 5) is 14.6. The molecule has 3 aromatic rings. The van der Waals surface area contributed by atoms with Gasteiger partial charge in [-0.2, -0.15) is 0 Å². The molecule has 0 unspecified atom stereocenters. The second-order valence-corrected chi connectivity index (χ2v) is 7.82. The number of nitrogens with zero attached hydrogens (tertiary/aromatic N) is 1. The van der Waals surface area contributed by atoms with Crippen molar-refractivity contribution in [1.82, 2.24) is 0 Å². The number of hydrogen-bond donors (Lipinski definition) is 1. The first-order valence-electron chi connectivity index (χ1n) is 10.6. The van der Waals surface area contributed by atoms with Crippen LogP contribution in [0.3, 0.4) is 0 Å². The molecule has 3 aromatic carbocycles. The second-order valence-electron chi connectivity index (χ2n) is 7.82. The minimum absolute atomic E-state index is 0.0161. The molecule has 30 heavy (non-hydrogen) atoms. The summed E-state index contributed by atoms with van der Waals surface area (Å²) in [5, 5.41) is 2.90. The summed E-state index contributed by atoms with van der Waals surface area (Å²) < 4.78 is 5.65. The molecule has 0 aliphatic carbocycles. The predicted octanol–water partition coefficient (Wildman–Crippen LogP) is 5.67. The molecule has 0 aromatic heterocycles. The molecule has 0 atom stereocenters. The lowest BCUT2D eigenvalue weighted by Crippen LogP contribution is -2.29. The van der Waals surface area contributed by atoms with Crippen LogP contribution in [0.2, 0.25) is 0 Å². The van der Waals surface area contributed by atoms with Crippen LogP contribution in [0.4, 0.5) is 11.4 Å². The summed E-state index contributed by atoms with van der Waals surface area (Å²) in [7, 11) is 0. The monoisotopic (exact) mass is 400 g/mol. The topological polar surface area (TPSA) is 41.6 Å². The molecule has 154 valence electrons. The Balaban J connectivity index is 1.27. The van der Waals surface area contributed by atoms with Crippen LogP contribution in [-0.2, 0) is 4.79 Å². The zero-order valence-corrected chi connectivity index (χ0v) is 17.4. The van der Waals surface area contributed by atoms with Crippen LogP contribution in [0.15, 0.2) is 72.8 Å². The molecular weight excluding hydrogens is 372 g/mol. The van der Waals surface area contributed by atoms with Gasteiger partial charge in [0.05, 0.1) is 0 Å². The van der Waals surface area contributed by atoms with Gasteiger partial charge in [-0.05, 0) is 73.7 Å². The number of piperidine rings is 1. The second kappa shape index (κ2) is 9.49. The summed E-state index contributed by atoms with van der Waals surface area (Å²) in [5.74, 6) is 0.518. The molecule has 0 saturated carbocycles. The maximum absolute atomic E-state index is 12.2. The Labute approximate surface area is 178 Å². The van der Waals surface area contributed by atoms with Crippen LogP contribution < -0.4 is 15.0 Å². The van der Waals surface area contributed by atoms with Gasteiger partial charge in [0.15, 0.2) is 6.61 Å². The average molecular weight is 401 g/mol. The standard InChI is InChI=1S/C26H28N2O2/c1-20-5-7-21(8-6-20)22-9-15-25(16-10-22)30-19-26(29)27-23-11-13-24(14-12-23)28-17-3-2-4-18-28/h5-16H,2-4,17-19H2,1H3,(H,27,29). The van der Waals surface area contributed by atoms with E-state index in [-0.39, 0.29) is 12.5 Å². The van der Waals surface area contributed by atoms with Gasteiger partial charge in [0, 0.05) is 24.5 Å². The van der Waals surface area contributed by atoms with Crippen LogP contribution in [0.1, 0.15) is 24.8 Å². The van der Waals surface area contributed by atoms with E-state index < -0.39 is 0 Å². The van der Waals surface area contributed by atoms with Crippen molar-refractivity contribution in [2.45, 2.75) is 26.2 Å². The molecule has 4 heteroatoms. The largest absolute Gasteiger partial charge is 0.484 e. The lowest BCUT2D eigenvalue weighted by molar-refractivity contribution is -0.118. The molecule has 1 aliphatic heterocycles. The zero-order chi connectivity index (χ0) is 20.8. The van der Waals surface area contributed by atoms with Crippen LogP contribution in [0, 0.1) is 6.92 Å². The van der Waals surface area contributed by atoms with Crippen molar-refractivity contribution in [2.75, 3.05) is 29.9 Å². The summed E-state index contributed by atoms with van der Waals surface area (Å²) >= 11 is 0. The van der Waals surface area contributed by atoms with Crippen LogP contribution in [-0.4, -0.2) is 25.6 Å². The van der Waals surface area contributed by atoms with Crippen molar-refractivity contribution in [3.8, 4) is 16.9 Å². The van der Waals surface area contributed by atoms with Gasteiger partial charge in [-0.25, -0.2) is 0 Å². The Morgan fingerprint density at radius 2 is 1.43 bits per heavy atom. The third kappa shape index (κ3) is 5.20. The Morgan fingerprint density at radius 1 is 0.833 bits per heavy atom. The van der Waals surface area contributed by atoms with Crippen molar-refractivity contribution in [3.63, 3.8) is 0 Å². The van der Waals surface area contributed by atoms with Gasteiger partial charge < -0.3 is 15.0 Å². The maximum atomic E-state index is 12.2. The minimum atomic E-state index is -0.164.